The van der Waals surface area contributed by atoms with Crippen LogP contribution in [0.4, 0.5) is 5.69 Å². The van der Waals surface area contributed by atoms with Crippen LogP contribution in [0.25, 0.3) is 22.4 Å². The van der Waals surface area contributed by atoms with E-state index >= 15 is 0 Å². The van der Waals surface area contributed by atoms with Gasteiger partial charge in [0.15, 0.2) is 0 Å². The summed E-state index contributed by atoms with van der Waals surface area (Å²) in [6, 6.07) is 21.1. The number of nitrogens with two attached hydrogens (primary N) is 1. The zero-order valence-corrected chi connectivity index (χ0v) is 16.9. The van der Waals surface area contributed by atoms with Crippen LogP contribution in [-0.4, -0.2) is 12.0 Å². The van der Waals surface area contributed by atoms with E-state index in [4.69, 9.17) is 15.5 Å². The molecule has 29 heavy (non-hydrogen) atoms. The molecule has 0 amide bonds. The van der Waals surface area contributed by atoms with Gasteiger partial charge in [-0.3, -0.25) is 0 Å². The first-order valence-corrected chi connectivity index (χ1v) is 10.1. The molecule has 0 radical (unpaired) electrons. The topological polar surface area (TPSA) is 51.4 Å². The maximum atomic E-state index is 6.51. The van der Waals surface area contributed by atoms with Crippen LogP contribution in [0.5, 0.6) is 5.88 Å². The lowest BCUT2D eigenvalue weighted by molar-refractivity contribution is 0.253. The minimum Gasteiger partial charge on any atom is -0.440 e. The van der Waals surface area contributed by atoms with Crippen molar-refractivity contribution in [3.8, 4) is 28.3 Å². The minimum absolute atomic E-state index is 0.155. The van der Waals surface area contributed by atoms with Crippen molar-refractivity contribution in [2.45, 2.75) is 31.7 Å². The van der Waals surface area contributed by atoms with E-state index in [0.29, 0.717) is 5.88 Å². The van der Waals surface area contributed by atoms with Crippen LogP contribution in [0.2, 0.25) is 0 Å². The highest BCUT2D eigenvalue weighted by Gasteiger charge is 2.34. The number of hydrogen-bond donors (Lipinski definition) is 1. The third kappa shape index (κ3) is 3.10. The van der Waals surface area contributed by atoms with Crippen molar-refractivity contribution in [3.05, 3.63) is 78.2 Å². The van der Waals surface area contributed by atoms with E-state index < -0.39 is 0 Å². The van der Waals surface area contributed by atoms with Crippen molar-refractivity contribution >= 4 is 5.69 Å². The molecule has 4 heteroatoms. The normalized spacial score (nSPS) is 17.1. The quantitative estimate of drug-likeness (QED) is 0.654. The molecule has 0 spiro atoms. The number of allylic oxidation sites excluding steroid dienone is 1. The molecule has 2 heterocycles. The summed E-state index contributed by atoms with van der Waals surface area (Å²) in [5, 5.41) is 0. The van der Waals surface area contributed by atoms with Crippen molar-refractivity contribution in [2.24, 2.45) is 5.73 Å². The van der Waals surface area contributed by atoms with Crippen molar-refractivity contribution in [1.29, 1.82) is 0 Å². The lowest BCUT2D eigenvalue weighted by Gasteiger charge is -2.38. The molecule has 146 valence electrons. The van der Waals surface area contributed by atoms with Gasteiger partial charge in [-0.05, 0) is 43.4 Å². The summed E-state index contributed by atoms with van der Waals surface area (Å²) in [5.41, 5.74) is 12.7. The standard InChI is InChI=1S/C25H25N3O/c1-17-16-28(2)22-15-21(18-7-4-3-5-8-18)23(27-24(22)29-17)19-9-11-20(12-10-19)25(26)13-6-14-25/h3-5,7-12,15-16H,6,13-14,26H2,1-2H3. The van der Waals surface area contributed by atoms with E-state index in [1.54, 1.807) is 0 Å². The van der Waals surface area contributed by atoms with Gasteiger partial charge >= 0.3 is 0 Å². The number of nitrogens with zero attached hydrogens (tertiary/aromatic N) is 2. The summed E-state index contributed by atoms with van der Waals surface area (Å²) in [4.78, 5) is 7.02. The summed E-state index contributed by atoms with van der Waals surface area (Å²) in [6.45, 7) is 1.94. The number of rotatable bonds is 3. The maximum Gasteiger partial charge on any atom is 0.243 e. The Morgan fingerprint density at radius 3 is 2.38 bits per heavy atom. The van der Waals surface area contributed by atoms with Crippen LogP contribution < -0.4 is 15.4 Å². The van der Waals surface area contributed by atoms with Gasteiger partial charge in [0.2, 0.25) is 5.88 Å². The first kappa shape index (κ1) is 18.0. The fourth-order valence-corrected chi connectivity index (χ4v) is 4.20. The lowest BCUT2D eigenvalue weighted by Crippen LogP contribution is -2.43. The second-order valence-electron chi connectivity index (χ2n) is 8.11. The fourth-order valence-electron chi connectivity index (χ4n) is 4.20. The number of benzene rings is 2. The summed E-state index contributed by atoms with van der Waals surface area (Å²) in [5.74, 6) is 1.47. The van der Waals surface area contributed by atoms with Crippen molar-refractivity contribution in [1.82, 2.24) is 4.98 Å². The molecule has 2 N–H and O–H groups in total. The van der Waals surface area contributed by atoms with Gasteiger partial charge in [-0.15, -0.1) is 0 Å². The number of pyridine rings is 1. The Morgan fingerprint density at radius 2 is 1.72 bits per heavy atom. The van der Waals surface area contributed by atoms with Crippen LogP contribution in [-0.2, 0) is 5.54 Å². The highest BCUT2D eigenvalue weighted by Crippen LogP contribution is 2.42. The highest BCUT2D eigenvalue weighted by molar-refractivity contribution is 5.85. The molecule has 5 rings (SSSR count). The first-order valence-electron chi connectivity index (χ1n) is 10.1. The van der Waals surface area contributed by atoms with Gasteiger partial charge in [-0.2, -0.15) is 0 Å². The zero-order valence-electron chi connectivity index (χ0n) is 16.9. The number of aromatic nitrogens is 1. The largest absolute Gasteiger partial charge is 0.440 e. The molecule has 0 bridgehead atoms. The maximum absolute atomic E-state index is 6.51. The van der Waals surface area contributed by atoms with Gasteiger partial charge in [-0.25, -0.2) is 4.98 Å². The third-order valence-corrected chi connectivity index (χ3v) is 6.05. The van der Waals surface area contributed by atoms with Gasteiger partial charge in [0, 0.05) is 29.9 Å². The van der Waals surface area contributed by atoms with Gasteiger partial charge in [0.1, 0.15) is 11.4 Å². The number of anilines is 1. The summed E-state index contributed by atoms with van der Waals surface area (Å²) in [7, 11) is 2.02. The summed E-state index contributed by atoms with van der Waals surface area (Å²) >= 11 is 0. The zero-order chi connectivity index (χ0) is 20.0. The number of ether oxygens (including phenoxy) is 1. The molecule has 1 aliphatic heterocycles. The predicted octanol–water partition coefficient (Wildman–Crippen LogP) is 5.44. The highest BCUT2D eigenvalue weighted by atomic mass is 16.5. The van der Waals surface area contributed by atoms with Crippen molar-refractivity contribution in [2.75, 3.05) is 11.9 Å². The van der Waals surface area contributed by atoms with E-state index in [0.717, 1.165) is 46.7 Å². The Labute approximate surface area is 171 Å². The molecule has 2 aromatic carbocycles. The molecule has 2 aliphatic rings. The molecule has 0 saturated heterocycles. The van der Waals surface area contributed by atoms with Gasteiger partial charge in [0.05, 0.1) is 5.69 Å². The third-order valence-electron chi connectivity index (χ3n) is 6.05. The van der Waals surface area contributed by atoms with Crippen LogP contribution >= 0.6 is 0 Å². The van der Waals surface area contributed by atoms with Crippen LogP contribution in [0.15, 0.2) is 72.6 Å². The lowest BCUT2D eigenvalue weighted by atomic mass is 9.72. The van der Waals surface area contributed by atoms with E-state index in [9.17, 15) is 0 Å². The van der Waals surface area contributed by atoms with Crippen LogP contribution in [0, 0.1) is 0 Å². The second-order valence-corrected chi connectivity index (χ2v) is 8.11. The Kier molecular flexibility index (Phi) is 4.18. The predicted molar refractivity (Wildman–Crippen MR) is 118 cm³/mol. The Morgan fingerprint density at radius 1 is 1.00 bits per heavy atom. The molecular weight excluding hydrogens is 358 g/mol. The van der Waals surface area contributed by atoms with Crippen LogP contribution in [0.1, 0.15) is 31.7 Å². The van der Waals surface area contributed by atoms with E-state index in [1.165, 1.54) is 12.0 Å². The van der Waals surface area contributed by atoms with Gasteiger partial charge in [0.25, 0.3) is 0 Å². The summed E-state index contributed by atoms with van der Waals surface area (Å²) < 4.78 is 5.95. The fraction of sp³-hybridized carbons (Fsp3) is 0.240. The Balaban J connectivity index is 1.64. The van der Waals surface area contributed by atoms with Crippen LogP contribution in [0.3, 0.4) is 0 Å². The van der Waals surface area contributed by atoms with E-state index in [1.807, 2.05) is 26.2 Å². The summed E-state index contributed by atoms with van der Waals surface area (Å²) in [6.07, 6.45) is 5.31. The monoisotopic (exact) mass is 383 g/mol. The molecule has 0 atom stereocenters. The molecule has 1 aromatic heterocycles. The second kappa shape index (κ2) is 6.75. The average Bonchev–Trinajstić information content (AvgIpc) is 2.72. The molecular formula is C25H25N3O. The number of hydrogen-bond acceptors (Lipinski definition) is 4. The van der Waals surface area contributed by atoms with Crippen molar-refractivity contribution < 1.29 is 4.74 Å². The molecule has 1 saturated carbocycles. The Bertz CT molecular complexity index is 1080. The smallest absolute Gasteiger partial charge is 0.243 e. The van der Waals surface area contributed by atoms with Gasteiger partial charge in [-0.1, -0.05) is 54.6 Å². The first-order chi connectivity index (χ1) is 14.0. The van der Waals surface area contributed by atoms with E-state index in [2.05, 4.69) is 59.5 Å². The Hall–Kier alpha value is -3.11. The van der Waals surface area contributed by atoms with E-state index in [-0.39, 0.29) is 5.54 Å². The van der Waals surface area contributed by atoms with Gasteiger partial charge < -0.3 is 15.4 Å². The molecule has 1 aliphatic carbocycles. The minimum atomic E-state index is -0.155. The van der Waals surface area contributed by atoms with Crippen molar-refractivity contribution in [3.63, 3.8) is 0 Å². The SMILES string of the molecule is CC1=CN(C)c2cc(-c3ccccc3)c(-c3ccc(C4(N)CCC4)cc3)nc2O1. The molecule has 1 fully saturated rings. The molecule has 0 unspecified atom stereocenters. The molecule has 3 aromatic rings. The molecule has 4 nitrogen and oxygen atoms in total. The number of fused-ring (bicyclic) bond motifs is 1. The average molecular weight is 383 g/mol.